The summed E-state index contributed by atoms with van der Waals surface area (Å²) in [5.41, 5.74) is 5.43. The molecule has 5 aromatic rings. The van der Waals surface area contributed by atoms with Gasteiger partial charge in [0.15, 0.2) is 0 Å². The number of benzene rings is 3. The lowest BCUT2D eigenvalue weighted by Gasteiger charge is -2.31. The fourth-order valence-corrected chi connectivity index (χ4v) is 5.46. The Kier molecular flexibility index (Phi) is 6.59. The third-order valence-electron chi connectivity index (χ3n) is 7.05. The lowest BCUT2D eigenvalue weighted by Crippen LogP contribution is -2.38. The normalized spacial score (nSPS) is 14.3. The van der Waals surface area contributed by atoms with E-state index in [0.29, 0.717) is 17.3 Å². The summed E-state index contributed by atoms with van der Waals surface area (Å²) in [4.78, 5) is 16.0. The SMILES string of the molecule is CCc1nn(-c2ccccc2)c2c1CN(C(=O)Nc1cccc(Cl)c1)C(c1cccc(OC)c1)c1cccn1-2. The number of ether oxygens (including phenoxy) is 1. The average Bonchev–Trinajstić information content (AvgIpc) is 3.54. The van der Waals surface area contributed by atoms with Crippen molar-refractivity contribution in [1.29, 1.82) is 0 Å². The molecule has 1 aliphatic rings. The first-order chi connectivity index (χ1) is 19.1. The van der Waals surface area contributed by atoms with Crippen molar-refractivity contribution >= 4 is 23.3 Å². The van der Waals surface area contributed by atoms with E-state index < -0.39 is 6.04 Å². The van der Waals surface area contributed by atoms with Crippen LogP contribution >= 0.6 is 11.6 Å². The number of nitrogens with zero attached hydrogens (tertiary/aromatic N) is 4. The van der Waals surface area contributed by atoms with Gasteiger partial charge < -0.3 is 19.5 Å². The first kappa shape index (κ1) is 24.8. The molecule has 0 saturated heterocycles. The van der Waals surface area contributed by atoms with Crippen molar-refractivity contribution in [3.05, 3.63) is 125 Å². The van der Waals surface area contributed by atoms with Crippen LogP contribution in [-0.4, -0.2) is 32.4 Å². The zero-order valence-electron chi connectivity index (χ0n) is 21.7. The van der Waals surface area contributed by atoms with E-state index in [1.807, 2.05) is 88.6 Å². The van der Waals surface area contributed by atoms with Gasteiger partial charge in [-0.1, -0.05) is 54.9 Å². The van der Waals surface area contributed by atoms with Gasteiger partial charge in [0.05, 0.1) is 36.8 Å². The number of carbonyl (C=O) groups is 1. The van der Waals surface area contributed by atoms with Crippen molar-refractivity contribution in [3.63, 3.8) is 0 Å². The van der Waals surface area contributed by atoms with Crippen LogP contribution in [-0.2, 0) is 13.0 Å². The van der Waals surface area contributed by atoms with E-state index in [-0.39, 0.29) is 6.03 Å². The molecule has 3 heterocycles. The number of urea groups is 1. The second-order valence-electron chi connectivity index (χ2n) is 9.40. The molecule has 2 aromatic heterocycles. The predicted octanol–water partition coefficient (Wildman–Crippen LogP) is 7.02. The number of halogens is 1. The van der Waals surface area contributed by atoms with Crippen LogP contribution in [0.1, 0.15) is 35.5 Å². The molecule has 0 fully saturated rings. The Morgan fingerprint density at radius 2 is 1.85 bits per heavy atom. The second-order valence-corrected chi connectivity index (χ2v) is 9.84. The van der Waals surface area contributed by atoms with Gasteiger partial charge in [-0.2, -0.15) is 5.10 Å². The molecule has 6 rings (SSSR count). The number of hydrogen-bond acceptors (Lipinski definition) is 3. The smallest absolute Gasteiger partial charge is 0.322 e. The Bertz CT molecular complexity index is 1640. The molecule has 39 heavy (non-hydrogen) atoms. The third-order valence-corrected chi connectivity index (χ3v) is 7.29. The van der Waals surface area contributed by atoms with E-state index >= 15 is 0 Å². The number of amides is 2. The van der Waals surface area contributed by atoms with Crippen molar-refractivity contribution in [2.24, 2.45) is 0 Å². The molecule has 8 heteroatoms. The van der Waals surface area contributed by atoms with Gasteiger partial charge in [0, 0.05) is 22.5 Å². The van der Waals surface area contributed by atoms with Crippen LogP contribution in [0.5, 0.6) is 5.75 Å². The van der Waals surface area contributed by atoms with Gasteiger partial charge in [-0.05, 0) is 66.6 Å². The Balaban J connectivity index is 1.56. The van der Waals surface area contributed by atoms with Gasteiger partial charge in [0.25, 0.3) is 0 Å². The number of anilines is 1. The summed E-state index contributed by atoms with van der Waals surface area (Å²) in [7, 11) is 1.65. The lowest BCUT2D eigenvalue weighted by atomic mass is 10.0. The molecule has 0 bridgehead atoms. The first-order valence-corrected chi connectivity index (χ1v) is 13.3. The van der Waals surface area contributed by atoms with E-state index in [4.69, 9.17) is 21.4 Å². The van der Waals surface area contributed by atoms with Crippen molar-refractivity contribution in [2.45, 2.75) is 25.9 Å². The van der Waals surface area contributed by atoms with Crippen molar-refractivity contribution in [3.8, 4) is 17.3 Å². The fraction of sp³-hybridized carbons (Fsp3) is 0.161. The van der Waals surface area contributed by atoms with Gasteiger partial charge >= 0.3 is 6.03 Å². The molecule has 0 spiro atoms. The zero-order valence-corrected chi connectivity index (χ0v) is 22.5. The standard InChI is InChI=1S/C31H28ClN5O2/c1-3-27-26-20-36(31(38)33-23-12-8-11-22(32)19-23)29(21-10-7-15-25(18-21)39-2)28-16-9-17-35(28)30(26)37(34-27)24-13-5-4-6-14-24/h4-19,29H,3,20H2,1-2H3,(H,33,38). The van der Waals surface area contributed by atoms with E-state index in [0.717, 1.165) is 46.2 Å². The van der Waals surface area contributed by atoms with Crippen molar-refractivity contribution < 1.29 is 9.53 Å². The molecule has 1 aliphatic heterocycles. The zero-order chi connectivity index (χ0) is 26.9. The molecule has 1 N–H and O–H groups in total. The van der Waals surface area contributed by atoms with E-state index in [9.17, 15) is 4.79 Å². The summed E-state index contributed by atoms with van der Waals surface area (Å²) in [6.45, 7) is 2.45. The van der Waals surface area contributed by atoms with Gasteiger partial charge in [-0.3, -0.25) is 0 Å². The van der Waals surface area contributed by atoms with Gasteiger partial charge in [-0.15, -0.1) is 0 Å². The molecule has 7 nitrogen and oxygen atoms in total. The van der Waals surface area contributed by atoms with Crippen LogP contribution in [0.15, 0.2) is 97.2 Å². The number of para-hydroxylation sites is 1. The molecule has 196 valence electrons. The molecular formula is C31H28ClN5O2. The molecule has 1 atom stereocenters. The summed E-state index contributed by atoms with van der Waals surface area (Å²) >= 11 is 6.22. The highest BCUT2D eigenvalue weighted by Crippen LogP contribution is 2.39. The molecule has 3 aromatic carbocycles. The first-order valence-electron chi connectivity index (χ1n) is 12.9. The summed E-state index contributed by atoms with van der Waals surface area (Å²) in [6.07, 6.45) is 2.77. The predicted molar refractivity (Wildman–Crippen MR) is 153 cm³/mol. The highest BCUT2D eigenvalue weighted by atomic mass is 35.5. The number of aryl methyl sites for hydroxylation is 1. The number of carbonyl (C=O) groups excluding carboxylic acids is 1. The molecule has 0 radical (unpaired) electrons. The summed E-state index contributed by atoms with van der Waals surface area (Å²) in [5, 5.41) is 8.65. The molecule has 1 unspecified atom stereocenters. The Morgan fingerprint density at radius 3 is 2.62 bits per heavy atom. The topological polar surface area (TPSA) is 64.3 Å². The second kappa shape index (κ2) is 10.3. The molecule has 2 amide bonds. The van der Waals surface area contributed by atoms with Crippen molar-refractivity contribution in [1.82, 2.24) is 19.2 Å². The quantitative estimate of drug-likeness (QED) is 0.262. The molecule has 0 aliphatic carbocycles. The number of aromatic nitrogens is 3. The highest BCUT2D eigenvalue weighted by Gasteiger charge is 2.36. The maximum atomic E-state index is 14.1. The number of methoxy groups -OCH3 is 1. The Hall–Kier alpha value is -4.49. The minimum Gasteiger partial charge on any atom is -0.497 e. The largest absolute Gasteiger partial charge is 0.497 e. The third kappa shape index (κ3) is 4.55. The van der Waals surface area contributed by atoms with Gasteiger partial charge in [-0.25, -0.2) is 9.48 Å². The summed E-state index contributed by atoms with van der Waals surface area (Å²) < 4.78 is 9.70. The van der Waals surface area contributed by atoms with Gasteiger partial charge in [0.2, 0.25) is 0 Å². The number of fused-ring (bicyclic) bond motifs is 3. The average molecular weight is 538 g/mol. The maximum absolute atomic E-state index is 14.1. The maximum Gasteiger partial charge on any atom is 0.322 e. The summed E-state index contributed by atoms with van der Waals surface area (Å²) in [5.74, 6) is 1.66. The van der Waals surface area contributed by atoms with E-state index in [1.54, 1.807) is 19.2 Å². The van der Waals surface area contributed by atoms with E-state index in [1.165, 1.54) is 0 Å². The monoisotopic (exact) mass is 537 g/mol. The number of nitrogens with one attached hydrogen (secondary N) is 1. The van der Waals surface area contributed by atoms with Crippen LogP contribution in [0.4, 0.5) is 10.5 Å². The van der Waals surface area contributed by atoms with Crippen LogP contribution in [0.2, 0.25) is 5.02 Å². The lowest BCUT2D eigenvalue weighted by molar-refractivity contribution is 0.194. The van der Waals surface area contributed by atoms with Crippen LogP contribution in [0.3, 0.4) is 0 Å². The van der Waals surface area contributed by atoms with E-state index in [2.05, 4.69) is 22.9 Å². The number of hydrogen-bond donors (Lipinski definition) is 1. The fourth-order valence-electron chi connectivity index (χ4n) is 5.27. The van der Waals surface area contributed by atoms with Crippen LogP contribution in [0, 0.1) is 0 Å². The van der Waals surface area contributed by atoms with Gasteiger partial charge in [0.1, 0.15) is 11.6 Å². The van der Waals surface area contributed by atoms with Crippen LogP contribution in [0.25, 0.3) is 11.5 Å². The Labute approximate surface area is 232 Å². The molecular weight excluding hydrogens is 510 g/mol. The number of rotatable bonds is 5. The summed E-state index contributed by atoms with van der Waals surface area (Å²) in [6, 6.07) is 28.6. The van der Waals surface area contributed by atoms with Crippen molar-refractivity contribution in [2.75, 3.05) is 12.4 Å². The van der Waals surface area contributed by atoms with Crippen LogP contribution < -0.4 is 10.1 Å². The highest BCUT2D eigenvalue weighted by molar-refractivity contribution is 6.30. The minimum absolute atomic E-state index is 0.236. The minimum atomic E-state index is -0.393. The molecule has 0 saturated carbocycles. The Morgan fingerprint density at radius 1 is 1.03 bits per heavy atom.